The zero-order chi connectivity index (χ0) is 25.3. The molecule has 1 heterocycles. The highest BCUT2D eigenvalue weighted by atomic mass is 16.5. The first kappa shape index (κ1) is 29.0. The van der Waals surface area contributed by atoms with Crippen LogP contribution >= 0.6 is 0 Å². The Bertz CT molecular complexity index is 754. The van der Waals surface area contributed by atoms with E-state index >= 15 is 0 Å². The van der Waals surface area contributed by atoms with Gasteiger partial charge in [-0.25, -0.2) is 0 Å². The molecule has 0 unspecified atom stereocenters. The summed E-state index contributed by atoms with van der Waals surface area (Å²) in [5, 5.41) is 20.0. The molecule has 3 atom stereocenters. The van der Waals surface area contributed by atoms with Gasteiger partial charge in [0.2, 0.25) is 0 Å². The van der Waals surface area contributed by atoms with E-state index in [0.29, 0.717) is 18.6 Å². The summed E-state index contributed by atoms with van der Waals surface area (Å²) in [5.74, 6) is 3.89. The van der Waals surface area contributed by atoms with E-state index in [9.17, 15) is 10.2 Å². The van der Waals surface area contributed by atoms with Crippen LogP contribution in [0.15, 0.2) is 0 Å². The second-order valence-corrected chi connectivity index (χ2v) is 12.1. The Balaban J connectivity index is 1.82. The topological polar surface area (TPSA) is 49.7 Å². The Hall–Kier alpha value is -1.22. The van der Waals surface area contributed by atoms with Gasteiger partial charge >= 0.3 is 0 Å². The van der Waals surface area contributed by atoms with Gasteiger partial charge in [0, 0.05) is 17.7 Å². The fourth-order valence-electron chi connectivity index (χ4n) is 5.67. The summed E-state index contributed by atoms with van der Waals surface area (Å²) >= 11 is 0. The maximum Gasteiger partial charge on any atom is 0.127 e. The van der Waals surface area contributed by atoms with E-state index in [-0.39, 0.29) is 12.2 Å². The van der Waals surface area contributed by atoms with Crippen LogP contribution in [0.25, 0.3) is 0 Å². The Morgan fingerprint density at radius 1 is 0.853 bits per heavy atom. The van der Waals surface area contributed by atoms with E-state index in [1.807, 2.05) is 6.92 Å². The van der Waals surface area contributed by atoms with Crippen molar-refractivity contribution in [3.8, 4) is 11.5 Å². The maximum absolute atomic E-state index is 10.7. The minimum atomic E-state index is -0.125. The lowest BCUT2D eigenvalue weighted by Crippen LogP contribution is -2.37. The molecule has 0 saturated heterocycles. The second kappa shape index (κ2) is 13.8. The standard InChI is InChI=1S/C31H54O3/c1-22(2)12-8-13-23(3)14-9-15-24(4)16-10-19-31(7)20-18-28-27(17-11-21-32)29(33)25(5)26(6)30(28)34-31/h22-24,32-33H,8-21H2,1-7H3/t23-,24-,31-/m1/s1. The SMILES string of the molecule is Cc1c(C)c2c(c(CCCO)c1O)CC[C@@](C)(CCC[C@H](C)CCC[C@H](C)CCCC(C)C)O2. The first-order chi connectivity index (χ1) is 16.1. The van der Waals surface area contributed by atoms with E-state index in [4.69, 9.17) is 4.74 Å². The lowest BCUT2D eigenvalue weighted by molar-refractivity contribution is 0.0510. The number of aliphatic hydroxyl groups excluding tert-OH is 1. The molecule has 1 aliphatic heterocycles. The Kier molecular flexibility index (Phi) is 11.7. The molecule has 0 aliphatic carbocycles. The van der Waals surface area contributed by atoms with Crippen LogP contribution in [-0.4, -0.2) is 22.4 Å². The zero-order valence-corrected chi connectivity index (χ0v) is 23.4. The summed E-state index contributed by atoms with van der Waals surface area (Å²) in [6.07, 6.45) is 15.2. The molecule has 0 saturated carbocycles. The third-order valence-electron chi connectivity index (χ3n) is 8.29. The highest BCUT2D eigenvalue weighted by Gasteiger charge is 2.34. The number of rotatable bonds is 15. The molecule has 1 aromatic rings. The summed E-state index contributed by atoms with van der Waals surface area (Å²) in [7, 11) is 0. The van der Waals surface area contributed by atoms with Gasteiger partial charge in [-0.2, -0.15) is 0 Å². The van der Waals surface area contributed by atoms with Gasteiger partial charge in [-0.15, -0.1) is 0 Å². The molecule has 0 radical (unpaired) electrons. The predicted octanol–water partition coefficient (Wildman–Crippen LogP) is 8.46. The van der Waals surface area contributed by atoms with Gasteiger partial charge in [0.25, 0.3) is 0 Å². The number of aliphatic hydroxyl groups is 1. The highest BCUT2D eigenvalue weighted by molar-refractivity contribution is 5.59. The average Bonchev–Trinajstić information content (AvgIpc) is 2.77. The molecule has 2 rings (SSSR count). The van der Waals surface area contributed by atoms with Gasteiger partial charge in [0.1, 0.15) is 17.1 Å². The van der Waals surface area contributed by atoms with E-state index in [2.05, 4.69) is 41.5 Å². The Morgan fingerprint density at radius 2 is 1.44 bits per heavy atom. The number of phenolic OH excluding ortho intramolecular Hbond substituents is 1. The van der Waals surface area contributed by atoms with Crippen molar-refractivity contribution in [2.45, 2.75) is 138 Å². The van der Waals surface area contributed by atoms with Gasteiger partial charge in [0.05, 0.1) is 0 Å². The van der Waals surface area contributed by atoms with Gasteiger partial charge in [-0.05, 0) is 88.2 Å². The first-order valence-electron chi connectivity index (χ1n) is 14.2. The van der Waals surface area contributed by atoms with E-state index in [1.54, 1.807) is 0 Å². The lowest BCUT2D eigenvalue weighted by Gasteiger charge is -2.38. The molecule has 34 heavy (non-hydrogen) atoms. The summed E-state index contributed by atoms with van der Waals surface area (Å²) < 4.78 is 6.68. The van der Waals surface area contributed by atoms with Crippen molar-refractivity contribution in [1.29, 1.82) is 0 Å². The van der Waals surface area contributed by atoms with Crippen molar-refractivity contribution in [3.05, 3.63) is 22.3 Å². The van der Waals surface area contributed by atoms with Crippen LogP contribution in [0.5, 0.6) is 11.5 Å². The predicted molar refractivity (Wildman–Crippen MR) is 145 cm³/mol. The van der Waals surface area contributed by atoms with Crippen LogP contribution < -0.4 is 4.74 Å². The molecule has 2 N–H and O–H groups in total. The van der Waals surface area contributed by atoms with Crippen molar-refractivity contribution >= 4 is 0 Å². The van der Waals surface area contributed by atoms with Crippen molar-refractivity contribution in [3.63, 3.8) is 0 Å². The minimum absolute atomic E-state index is 0.125. The van der Waals surface area contributed by atoms with E-state index < -0.39 is 0 Å². The van der Waals surface area contributed by atoms with Crippen LogP contribution in [0.2, 0.25) is 0 Å². The molecule has 3 heteroatoms. The summed E-state index contributed by atoms with van der Waals surface area (Å²) in [5.41, 5.74) is 4.02. The fraction of sp³-hybridized carbons (Fsp3) is 0.806. The van der Waals surface area contributed by atoms with Crippen LogP contribution in [0.4, 0.5) is 0 Å². The molecule has 0 spiro atoms. The van der Waals surface area contributed by atoms with Gasteiger partial charge in [-0.1, -0.05) is 72.6 Å². The number of phenols is 1. The molecule has 196 valence electrons. The molecular formula is C31H54O3. The number of ether oxygens (including phenoxy) is 1. The van der Waals surface area contributed by atoms with Crippen LogP contribution in [0, 0.1) is 31.6 Å². The molecule has 3 nitrogen and oxygen atoms in total. The Labute approximate surface area is 210 Å². The number of hydrogen-bond acceptors (Lipinski definition) is 3. The van der Waals surface area contributed by atoms with Crippen LogP contribution in [0.1, 0.15) is 128 Å². The third-order valence-corrected chi connectivity index (χ3v) is 8.29. The molecular weight excluding hydrogens is 420 g/mol. The number of hydrogen-bond donors (Lipinski definition) is 2. The first-order valence-corrected chi connectivity index (χ1v) is 14.2. The second-order valence-electron chi connectivity index (χ2n) is 12.1. The van der Waals surface area contributed by atoms with Crippen LogP contribution in [-0.2, 0) is 12.8 Å². The van der Waals surface area contributed by atoms with Gasteiger partial charge in [0.15, 0.2) is 0 Å². The Morgan fingerprint density at radius 3 is 2.03 bits per heavy atom. The van der Waals surface area contributed by atoms with Crippen LogP contribution in [0.3, 0.4) is 0 Å². The van der Waals surface area contributed by atoms with Crippen molar-refractivity contribution in [2.24, 2.45) is 17.8 Å². The maximum atomic E-state index is 10.7. The number of fused-ring (bicyclic) bond motifs is 1. The molecule has 0 bridgehead atoms. The van der Waals surface area contributed by atoms with E-state index in [1.165, 1.54) is 56.9 Å². The lowest BCUT2D eigenvalue weighted by atomic mass is 9.83. The molecule has 0 fully saturated rings. The van der Waals surface area contributed by atoms with Crippen molar-refractivity contribution in [2.75, 3.05) is 6.61 Å². The fourth-order valence-corrected chi connectivity index (χ4v) is 5.67. The molecule has 0 aromatic heterocycles. The largest absolute Gasteiger partial charge is 0.507 e. The normalized spacial score (nSPS) is 19.7. The average molecular weight is 475 g/mol. The highest BCUT2D eigenvalue weighted by Crippen LogP contribution is 2.45. The van der Waals surface area contributed by atoms with E-state index in [0.717, 1.165) is 59.5 Å². The third kappa shape index (κ3) is 8.47. The zero-order valence-electron chi connectivity index (χ0n) is 23.4. The quantitative estimate of drug-likeness (QED) is 0.268. The summed E-state index contributed by atoms with van der Waals surface area (Å²) in [6, 6.07) is 0. The van der Waals surface area contributed by atoms with Crippen molar-refractivity contribution in [1.82, 2.24) is 0 Å². The minimum Gasteiger partial charge on any atom is -0.507 e. The molecule has 1 aromatic carbocycles. The number of aromatic hydroxyl groups is 1. The smallest absolute Gasteiger partial charge is 0.127 e. The van der Waals surface area contributed by atoms with Gasteiger partial charge < -0.3 is 14.9 Å². The molecule has 1 aliphatic rings. The summed E-state index contributed by atoms with van der Waals surface area (Å²) in [4.78, 5) is 0. The van der Waals surface area contributed by atoms with Crippen molar-refractivity contribution < 1.29 is 14.9 Å². The monoisotopic (exact) mass is 474 g/mol. The number of benzene rings is 1. The van der Waals surface area contributed by atoms with Gasteiger partial charge in [-0.3, -0.25) is 0 Å². The summed E-state index contributed by atoms with van der Waals surface area (Å²) in [6.45, 7) is 16.0. The molecule has 0 amide bonds.